The lowest BCUT2D eigenvalue weighted by molar-refractivity contribution is -0.653. The molecule has 74 valence electrons. The summed E-state index contributed by atoms with van der Waals surface area (Å²) in [6.07, 6.45) is 1.09. The summed E-state index contributed by atoms with van der Waals surface area (Å²) in [5.41, 5.74) is 7.11. The second kappa shape index (κ2) is 3.75. The lowest BCUT2D eigenvalue weighted by Crippen LogP contribution is -2.34. The van der Waals surface area contributed by atoms with Crippen molar-refractivity contribution in [2.24, 2.45) is 0 Å². The molecule has 1 aromatic carbocycles. The van der Waals surface area contributed by atoms with Crippen LogP contribution in [0.1, 0.15) is 13.3 Å². The van der Waals surface area contributed by atoms with Crippen molar-refractivity contribution < 1.29 is 4.57 Å². The molecule has 0 amide bonds. The van der Waals surface area contributed by atoms with Crippen molar-refractivity contribution in [3.63, 3.8) is 0 Å². The maximum atomic E-state index is 5.93. The highest BCUT2D eigenvalue weighted by Gasteiger charge is 2.13. The van der Waals surface area contributed by atoms with Gasteiger partial charge in [0, 0.05) is 5.02 Å². The molecule has 2 N–H and O–H groups in total. The predicted molar refractivity (Wildman–Crippen MR) is 61.7 cm³/mol. The van der Waals surface area contributed by atoms with Gasteiger partial charge in [-0.3, -0.25) is 5.73 Å². The summed E-state index contributed by atoms with van der Waals surface area (Å²) < 4.78 is 3.29. The number of aromatic nitrogens is 1. The first kappa shape index (κ1) is 9.74. The molecule has 0 aliphatic carbocycles. The van der Waals surface area contributed by atoms with E-state index in [0.29, 0.717) is 0 Å². The van der Waals surface area contributed by atoms with Crippen LogP contribution in [0.3, 0.4) is 0 Å². The Morgan fingerprint density at radius 3 is 3.00 bits per heavy atom. The first-order valence-electron chi connectivity index (χ1n) is 4.59. The average molecular weight is 228 g/mol. The Bertz CT molecular complexity index is 464. The lowest BCUT2D eigenvalue weighted by atomic mass is 10.3. The van der Waals surface area contributed by atoms with Crippen molar-refractivity contribution >= 4 is 38.3 Å². The molecule has 2 aromatic rings. The molecule has 2 nitrogen and oxygen atoms in total. The van der Waals surface area contributed by atoms with Crippen LogP contribution in [-0.2, 0) is 6.54 Å². The van der Waals surface area contributed by atoms with E-state index in [2.05, 4.69) is 11.5 Å². The number of anilines is 1. The highest BCUT2D eigenvalue weighted by Crippen LogP contribution is 2.25. The monoisotopic (exact) mass is 227 g/mol. The fourth-order valence-electron chi connectivity index (χ4n) is 1.53. The summed E-state index contributed by atoms with van der Waals surface area (Å²) in [6, 6.07) is 5.90. The van der Waals surface area contributed by atoms with E-state index in [4.69, 9.17) is 17.3 Å². The second-order valence-corrected chi connectivity index (χ2v) is 4.70. The first-order chi connectivity index (χ1) is 6.72. The van der Waals surface area contributed by atoms with Crippen molar-refractivity contribution in [2.75, 3.05) is 5.73 Å². The minimum Gasteiger partial charge on any atom is -0.278 e. The molecule has 0 bridgehead atoms. The Labute approximate surface area is 91.9 Å². The number of nitrogen functional groups attached to an aromatic ring is 1. The van der Waals surface area contributed by atoms with Gasteiger partial charge in [-0.05, 0) is 36.0 Å². The van der Waals surface area contributed by atoms with Crippen LogP contribution in [0.4, 0.5) is 5.13 Å². The topological polar surface area (TPSA) is 29.9 Å². The molecule has 0 aliphatic heterocycles. The third-order valence-electron chi connectivity index (χ3n) is 2.14. The fourth-order valence-corrected chi connectivity index (χ4v) is 2.76. The van der Waals surface area contributed by atoms with E-state index < -0.39 is 0 Å². The van der Waals surface area contributed by atoms with Gasteiger partial charge in [-0.2, -0.15) is 0 Å². The minimum atomic E-state index is 0.766. The molecule has 0 aliphatic rings. The molecule has 0 unspecified atom stereocenters. The second-order valence-electron chi connectivity index (χ2n) is 3.20. The van der Waals surface area contributed by atoms with Crippen LogP contribution in [0, 0.1) is 0 Å². The zero-order valence-electron chi connectivity index (χ0n) is 7.96. The number of fused-ring (bicyclic) bond motifs is 1. The quantitative estimate of drug-likeness (QED) is 0.786. The number of rotatable bonds is 2. The van der Waals surface area contributed by atoms with E-state index in [1.807, 2.05) is 18.2 Å². The van der Waals surface area contributed by atoms with E-state index in [0.717, 1.165) is 27.8 Å². The highest BCUT2D eigenvalue weighted by atomic mass is 35.5. The molecule has 1 heterocycles. The summed E-state index contributed by atoms with van der Waals surface area (Å²) in [7, 11) is 0. The number of nitrogens with two attached hydrogens (primary N) is 1. The Morgan fingerprint density at radius 2 is 2.29 bits per heavy atom. The van der Waals surface area contributed by atoms with Crippen molar-refractivity contribution in [2.45, 2.75) is 19.9 Å². The Hall–Kier alpha value is -0.800. The van der Waals surface area contributed by atoms with Gasteiger partial charge in [0.25, 0.3) is 0 Å². The molecule has 4 heteroatoms. The molecule has 0 radical (unpaired) electrons. The van der Waals surface area contributed by atoms with Crippen molar-refractivity contribution in [1.29, 1.82) is 0 Å². The molecule has 0 spiro atoms. The number of nitrogens with zero attached hydrogens (tertiary/aromatic N) is 1. The van der Waals surface area contributed by atoms with Gasteiger partial charge in [0.1, 0.15) is 5.52 Å². The van der Waals surface area contributed by atoms with Crippen molar-refractivity contribution in [3.05, 3.63) is 23.2 Å². The van der Waals surface area contributed by atoms with Crippen molar-refractivity contribution in [3.8, 4) is 0 Å². The van der Waals surface area contributed by atoms with Gasteiger partial charge >= 0.3 is 5.13 Å². The third-order valence-corrected chi connectivity index (χ3v) is 3.35. The third kappa shape index (κ3) is 1.57. The Morgan fingerprint density at radius 1 is 1.50 bits per heavy atom. The fraction of sp³-hybridized carbons (Fsp3) is 0.300. The summed E-state index contributed by atoms with van der Waals surface area (Å²) in [5.74, 6) is 0. The van der Waals surface area contributed by atoms with E-state index in [-0.39, 0.29) is 0 Å². The van der Waals surface area contributed by atoms with Gasteiger partial charge in [0.15, 0.2) is 0 Å². The zero-order valence-corrected chi connectivity index (χ0v) is 9.53. The van der Waals surface area contributed by atoms with Crippen LogP contribution in [0.5, 0.6) is 0 Å². The molecule has 0 atom stereocenters. The van der Waals surface area contributed by atoms with Gasteiger partial charge in [-0.1, -0.05) is 18.5 Å². The average Bonchev–Trinajstić information content (AvgIpc) is 2.43. The first-order valence-corrected chi connectivity index (χ1v) is 5.79. The molecule has 0 fully saturated rings. The predicted octanol–water partition coefficient (Wildman–Crippen LogP) is 2.83. The van der Waals surface area contributed by atoms with E-state index >= 15 is 0 Å². The van der Waals surface area contributed by atoms with Crippen molar-refractivity contribution in [1.82, 2.24) is 0 Å². The van der Waals surface area contributed by atoms with Gasteiger partial charge in [0.2, 0.25) is 0 Å². The maximum absolute atomic E-state index is 5.93. The van der Waals surface area contributed by atoms with Crippen LogP contribution < -0.4 is 10.3 Å². The number of hydrogen-bond acceptors (Lipinski definition) is 2. The van der Waals surface area contributed by atoms with Gasteiger partial charge in [-0.25, -0.2) is 4.57 Å². The normalized spacial score (nSPS) is 11.0. The molecule has 1 aromatic heterocycles. The molecule has 14 heavy (non-hydrogen) atoms. The summed E-state index contributed by atoms with van der Waals surface area (Å²) >= 11 is 7.50. The van der Waals surface area contributed by atoms with Crippen LogP contribution in [0.2, 0.25) is 5.02 Å². The zero-order chi connectivity index (χ0) is 10.1. The highest BCUT2D eigenvalue weighted by molar-refractivity contribution is 7.21. The molecular formula is C10H12ClN2S+. The lowest BCUT2D eigenvalue weighted by Gasteiger charge is -1.96. The number of benzene rings is 1. The molecule has 0 saturated heterocycles. The SMILES string of the molecule is CCC[n+]1c(N)sc2cc(Cl)ccc21. The minimum absolute atomic E-state index is 0.766. The summed E-state index contributed by atoms with van der Waals surface area (Å²) in [5, 5.41) is 1.62. The molecular weight excluding hydrogens is 216 g/mol. The number of halogens is 1. The number of aryl methyl sites for hydroxylation is 1. The summed E-state index contributed by atoms with van der Waals surface area (Å²) in [4.78, 5) is 0. The van der Waals surface area contributed by atoms with Crippen LogP contribution in [-0.4, -0.2) is 0 Å². The van der Waals surface area contributed by atoms with Crippen LogP contribution in [0.15, 0.2) is 18.2 Å². The number of thiazole rings is 1. The Balaban J connectivity index is 2.64. The number of hydrogen-bond donors (Lipinski definition) is 1. The van der Waals surface area contributed by atoms with Crippen LogP contribution in [0.25, 0.3) is 10.2 Å². The van der Waals surface area contributed by atoms with Crippen LogP contribution >= 0.6 is 22.9 Å². The largest absolute Gasteiger partial charge is 0.332 e. The van der Waals surface area contributed by atoms with Gasteiger partial charge in [0.05, 0.1) is 11.2 Å². The van der Waals surface area contributed by atoms with E-state index in [9.17, 15) is 0 Å². The van der Waals surface area contributed by atoms with Gasteiger partial charge < -0.3 is 0 Å². The molecule has 0 saturated carbocycles. The smallest absolute Gasteiger partial charge is 0.278 e. The maximum Gasteiger partial charge on any atom is 0.332 e. The Kier molecular flexibility index (Phi) is 2.61. The van der Waals surface area contributed by atoms with E-state index in [1.165, 1.54) is 5.52 Å². The standard InChI is InChI=1S/C10H11ClN2S/c1-2-5-13-8-4-3-7(11)6-9(8)14-10(13)12/h3-4,6,12H,2,5H2,1H3/p+1. The summed E-state index contributed by atoms with van der Waals surface area (Å²) in [6.45, 7) is 3.11. The molecule has 2 rings (SSSR count). The van der Waals surface area contributed by atoms with E-state index in [1.54, 1.807) is 11.3 Å². The van der Waals surface area contributed by atoms with Gasteiger partial charge in [-0.15, -0.1) is 0 Å².